The maximum atomic E-state index is 12.8. The second-order valence-electron chi connectivity index (χ2n) is 17.8. The van der Waals surface area contributed by atoms with E-state index in [0.29, 0.717) is 19.3 Å². The topological polar surface area (TPSA) is 78.9 Å². The summed E-state index contributed by atoms with van der Waals surface area (Å²) in [5, 5.41) is 0. The number of hydrogen-bond donors (Lipinski definition) is 0. The van der Waals surface area contributed by atoms with E-state index in [0.717, 1.165) is 89.9 Å². The second kappa shape index (κ2) is 51.0. The number of esters is 3. The molecule has 0 aromatic heterocycles. The number of hydrogen-bond acceptors (Lipinski definition) is 6. The van der Waals surface area contributed by atoms with Crippen LogP contribution in [-0.2, 0) is 28.6 Å². The minimum absolute atomic E-state index is 0.0743. The molecule has 0 bridgehead atoms. The summed E-state index contributed by atoms with van der Waals surface area (Å²) in [6.07, 6.45) is 61.0. The smallest absolute Gasteiger partial charge is 0.306 e. The van der Waals surface area contributed by atoms with Gasteiger partial charge in [-0.05, 0) is 57.8 Å². The van der Waals surface area contributed by atoms with E-state index >= 15 is 0 Å². The van der Waals surface area contributed by atoms with Crippen LogP contribution in [0.5, 0.6) is 0 Å². The second-order valence-corrected chi connectivity index (χ2v) is 17.8. The van der Waals surface area contributed by atoms with Crippen LogP contribution in [0, 0.1) is 0 Å². The Kier molecular flexibility index (Phi) is 48.8. The Morgan fingerprint density at radius 2 is 0.629 bits per heavy atom. The van der Waals surface area contributed by atoms with Crippen molar-refractivity contribution in [2.45, 2.75) is 277 Å². The van der Waals surface area contributed by atoms with Gasteiger partial charge in [-0.15, -0.1) is 0 Å². The van der Waals surface area contributed by atoms with Crippen LogP contribution in [0.25, 0.3) is 0 Å². The third-order valence-electron chi connectivity index (χ3n) is 11.6. The minimum Gasteiger partial charge on any atom is -0.462 e. The Hall–Kier alpha value is -2.63. The third-order valence-corrected chi connectivity index (χ3v) is 11.6. The van der Waals surface area contributed by atoms with Gasteiger partial charge in [-0.25, -0.2) is 0 Å². The van der Waals surface area contributed by atoms with E-state index in [-0.39, 0.29) is 31.1 Å². The molecule has 0 heterocycles. The monoisotopic (exact) mass is 869 g/mol. The van der Waals surface area contributed by atoms with Crippen molar-refractivity contribution in [3.05, 3.63) is 48.6 Å². The highest BCUT2D eigenvalue weighted by atomic mass is 16.6. The normalized spacial score (nSPS) is 12.4. The first-order chi connectivity index (χ1) is 30.5. The predicted molar refractivity (Wildman–Crippen MR) is 265 cm³/mol. The average molecular weight is 869 g/mol. The zero-order valence-electron chi connectivity index (χ0n) is 41.1. The van der Waals surface area contributed by atoms with Gasteiger partial charge >= 0.3 is 17.9 Å². The Balaban J connectivity index is 4.31. The van der Waals surface area contributed by atoms with Crippen molar-refractivity contribution in [3.63, 3.8) is 0 Å². The van der Waals surface area contributed by atoms with E-state index in [1.807, 2.05) is 0 Å². The Morgan fingerprint density at radius 3 is 0.984 bits per heavy atom. The molecule has 360 valence electrons. The number of allylic oxidation sites excluding steroid dienone is 8. The van der Waals surface area contributed by atoms with E-state index in [2.05, 4.69) is 69.4 Å². The molecule has 62 heavy (non-hydrogen) atoms. The fourth-order valence-corrected chi connectivity index (χ4v) is 7.61. The fraction of sp³-hybridized carbons (Fsp3) is 0.804. The zero-order chi connectivity index (χ0) is 45.1. The maximum absolute atomic E-state index is 12.8. The molecule has 0 fully saturated rings. The average Bonchev–Trinajstić information content (AvgIpc) is 3.27. The number of unbranched alkanes of at least 4 members (excludes halogenated alkanes) is 29. The summed E-state index contributed by atoms with van der Waals surface area (Å²) >= 11 is 0. The lowest BCUT2D eigenvalue weighted by atomic mass is 10.0. The van der Waals surface area contributed by atoms with Crippen LogP contribution >= 0.6 is 0 Å². The van der Waals surface area contributed by atoms with E-state index in [9.17, 15) is 14.4 Å². The largest absolute Gasteiger partial charge is 0.462 e. The highest BCUT2D eigenvalue weighted by molar-refractivity contribution is 5.71. The molecule has 0 aliphatic rings. The summed E-state index contributed by atoms with van der Waals surface area (Å²) in [6, 6.07) is 0. The van der Waals surface area contributed by atoms with Gasteiger partial charge in [0.2, 0.25) is 0 Å². The molecule has 0 rings (SSSR count). The van der Waals surface area contributed by atoms with Gasteiger partial charge < -0.3 is 14.2 Å². The first-order valence-corrected chi connectivity index (χ1v) is 26.6. The summed E-state index contributed by atoms with van der Waals surface area (Å²) in [6.45, 7) is 6.52. The van der Waals surface area contributed by atoms with Gasteiger partial charge in [-0.3, -0.25) is 14.4 Å². The molecule has 0 amide bonds. The van der Waals surface area contributed by atoms with E-state index in [1.54, 1.807) is 0 Å². The van der Waals surface area contributed by atoms with Crippen LogP contribution < -0.4 is 0 Å². The Labute approximate surface area is 384 Å². The maximum Gasteiger partial charge on any atom is 0.306 e. The zero-order valence-corrected chi connectivity index (χ0v) is 41.1. The highest BCUT2D eigenvalue weighted by Gasteiger charge is 2.19. The summed E-state index contributed by atoms with van der Waals surface area (Å²) in [4.78, 5) is 37.9. The van der Waals surface area contributed by atoms with Crippen molar-refractivity contribution >= 4 is 17.9 Å². The van der Waals surface area contributed by atoms with Crippen molar-refractivity contribution in [2.24, 2.45) is 0 Å². The van der Waals surface area contributed by atoms with Crippen molar-refractivity contribution in [2.75, 3.05) is 13.2 Å². The fourth-order valence-electron chi connectivity index (χ4n) is 7.61. The van der Waals surface area contributed by atoms with Crippen molar-refractivity contribution < 1.29 is 28.6 Å². The highest BCUT2D eigenvalue weighted by Crippen LogP contribution is 2.16. The Morgan fingerprint density at radius 1 is 0.339 bits per heavy atom. The molecule has 1 atom stereocenters. The van der Waals surface area contributed by atoms with Gasteiger partial charge in [0.1, 0.15) is 13.2 Å². The molecule has 0 spiro atoms. The molecule has 1 unspecified atom stereocenters. The molecule has 0 aromatic carbocycles. The summed E-state index contributed by atoms with van der Waals surface area (Å²) in [7, 11) is 0. The van der Waals surface area contributed by atoms with Gasteiger partial charge in [-0.1, -0.05) is 243 Å². The first kappa shape index (κ1) is 59.4. The SMILES string of the molecule is CC/C=C\C/C=C\C/C=C\C/C=C\CCCCCCCCC(=O)OCC(COC(=O)CCCCCCCCCCC)OC(=O)CCCCCCCCCCCCCCCCCC. The number of carbonyl (C=O) groups excluding carboxylic acids is 3. The summed E-state index contributed by atoms with van der Waals surface area (Å²) in [5.41, 5.74) is 0. The molecule has 0 saturated carbocycles. The lowest BCUT2D eigenvalue weighted by Crippen LogP contribution is -2.30. The van der Waals surface area contributed by atoms with Crippen LogP contribution in [0.2, 0.25) is 0 Å². The minimum atomic E-state index is -0.773. The summed E-state index contributed by atoms with van der Waals surface area (Å²) in [5.74, 6) is -0.880. The molecular formula is C56H100O6. The van der Waals surface area contributed by atoms with Crippen LogP contribution in [0.1, 0.15) is 271 Å². The number of rotatable bonds is 48. The standard InChI is InChI=1S/C56H100O6/c1-4-7-10-13-16-19-21-23-25-27-28-29-31-32-34-37-40-43-46-49-55(58)61-52-53(51-60-54(57)48-45-42-39-36-18-15-12-9-6-3)62-56(59)50-47-44-41-38-35-33-30-26-24-22-20-17-14-11-8-5-2/h7,10,16,19,23,25,28-29,53H,4-6,8-9,11-15,17-18,20-22,24,26-27,30-52H2,1-3H3/b10-7-,19-16-,25-23-,29-28-. The molecule has 6 heteroatoms. The molecule has 0 radical (unpaired) electrons. The summed E-state index contributed by atoms with van der Waals surface area (Å²) < 4.78 is 16.8. The lowest BCUT2D eigenvalue weighted by molar-refractivity contribution is -0.167. The molecule has 0 aliphatic heterocycles. The van der Waals surface area contributed by atoms with Gasteiger partial charge in [-0.2, -0.15) is 0 Å². The van der Waals surface area contributed by atoms with Gasteiger partial charge in [0.05, 0.1) is 0 Å². The molecule has 0 aliphatic carbocycles. The van der Waals surface area contributed by atoms with Gasteiger partial charge in [0, 0.05) is 19.3 Å². The van der Waals surface area contributed by atoms with Crippen LogP contribution in [-0.4, -0.2) is 37.2 Å². The third kappa shape index (κ3) is 48.4. The van der Waals surface area contributed by atoms with Gasteiger partial charge in [0.25, 0.3) is 0 Å². The van der Waals surface area contributed by atoms with Crippen molar-refractivity contribution in [3.8, 4) is 0 Å². The molecule has 0 saturated heterocycles. The number of ether oxygens (including phenoxy) is 3. The molecule has 0 N–H and O–H groups in total. The molecule has 0 aromatic rings. The number of carbonyl (C=O) groups is 3. The molecule has 6 nitrogen and oxygen atoms in total. The van der Waals surface area contributed by atoms with Crippen molar-refractivity contribution in [1.82, 2.24) is 0 Å². The van der Waals surface area contributed by atoms with Crippen LogP contribution in [0.3, 0.4) is 0 Å². The van der Waals surface area contributed by atoms with Crippen LogP contribution in [0.4, 0.5) is 0 Å². The van der Waals surface area contributed by atoms with E-state index < -0.39 is 6.10 Å². The van der Waals surface area contributed by atoms with E-state index in [4.69, 9.17) is 14.2 Å². The predicted octanol–water partition coefficient (Wildman–Crippen LogP) is 17.5. The van der Waals surface area contributed by atoms with Crippen LogP contribution in [0.15, 0.2) is 48.6 Å². The van der Waals surface area contributed by atoms with Crippen molar-refractivity contribution in [1.29, 1.82) is 0 Å². The lowest BCUT2D eigenvalue weighted by Gasteiger charge is -2.18. The Bertz CT molecular complexity index is 1090. The molecular weight excluding hydrogens is 769 g/mol. The first-order valence-electron chi connectivity index (χ1n) is 26.6. The van der Waals surface area contributed by atoms with E-state index in [1.165, 1.54) is 141 Å². The van der Waals surface area contributed by atoms with Gasteiger partial charge in [0.15, 0.2) is 6.10 Å². The quantitative estimate of drug-likeness (QED) is 0.0262.